The maximum atomic E-state index is 15.0. The monoisotopic (exact) mass is 1710 g/mol. The van der Waals surface area contributed by atoms with Crippen molar-refractivity contribution in [2.75, 3.05) is 0 Å². The van der Waals surface area contributed by atoms with Gasteiger partial charge < -0.3 is 0 Å². The zero-order valence-corrected chi connectivity index (χ0v) is 71.4. The summed E-state index contributed by atoms with van der Waals surface area (Å²) in [4.78, 5) is 38.0. The predicted molar refractivity (Wildman–Crippen MR) is 459 cm³/mol. The van der Waals surface area contributed by atoms with Crippen molar-refractivity contribution < 1.29 is 27.2 Å². The van der Waals surface area contributed by atoms with Crippen molar-refractivity contribution in [2.45, 2.75) is 234 Å². The number of halogens is 4. The first kappa shape index (κ1) is 80.0. The van der Waals surface area contributed by atoms with E-state index in [0.29, 0.717) is 11.8 Å². The van der Waals surface area contributed by atoms with E-state index >= 15 is 0 Å². The molecule has 111 heavy (non-hydrogen) atoms. The van der Waals surface area contributed by atoms with Gasteiger partial charge in [-0.25, -0.2) is 0 Å². The van der Waals surface area contributed by atoms with Crippen LogP contribution in [0.4, 0.5) is 17.6 Å². The fourth-order valence-corrected chi connectivity index (χ4v) is 28.1. The normalized spacial score (nSPS) is 15.3. The number of nitrogens with zero attached hydrogens (tertiary/aromatic N) is 8. The molecule has 0 spiro atoms. The van der Waals surface area contributed by atoms with Crippen LogP contribution in [-0.2, 0) is 25.9 Å². The number of ketones is 2. The molecule has 0 bridgehead atoms. The first-order chi connectivity index (χ1) is 54.2. The minimum atomic E-state index is -1.17. The third kappa shape index (κ3) is 15.5. The number of rotatable bonds is 36. The zero-order valence-electron chi connectivity index (χ0n) is 63.9. The minimum absolute atomic E-state index is 0.0376. The molecule has 0 amide bonds. The Kier molecular flexibility index (Phi) is 25.8. The summed E-state index contributed by atoms with van der Waals surface area (Å²) in [7, 11) is 0. The molecule has 9 aromatic heterocycles. The van der Waals surface area contributed by atoms with Gasteiger partial charge in [-0.1, -0.05) is 26.7 Å². The van der Waals surface area contributed by atoms with Gasteiger partial charge in [0.1, 0.15) is 0 Å². The van der Waals surface area contributed by atoms with E-state index in [1.165, 1.54) is 192 Å². The Morgan fingerprint density at radius 3 is 1.19 bits per heavy atom. The Balaban J connectivity index is 0.980. The third-order valence-corrected chi connectivity index (χ3v) is 33.6. The summed E-state index contributed by atoms with van der Waals surface area (Å²) in [6, 6.07) is 15.9. The van der Waals surface area contributed by atoms with Crippen LogP contribution < -0.4 is 0 Å². The van der Waals surface area contributed by atoms with E-state index in [0.717, 1.165) is 147 Å². The number of fused-ring (bicyclic) bond motifs is 16. The maximum absolute atomic E-state index is 15.0. The van der Waals surface area contributed by atoms with Crippen LogP contribution in [0.15, 0.2) is 71.1 Å². The molecule has 0 radical (unpaired) electrons. The number of aromatic nitrogens is 4. The molecule has 0 fully saturated rings. The van der Waals surface area contributed by atoms with E-state index in [2.05, 4.69) is 72.5 Å². The van der Waals surface area contributed by atoms with E-state index in [1.807, 2.05) is 69.6 Å². The second-order valence-electron chi connectivity index (χ2n) is 30.0. The molecule has 2 atom stereocenters. The van der Waals surface area contributed by atoms with Gasteiger partial charge in [-0.2, -0.15) is 0 Å². The van der Waals surface area contributed by atoms with Crippen LogP contribution in [0.3, 0.4) is 0 Å². The predicted octanol–water partition coefficient (Wildman–Crippen LogP) is 27.9. The van der Waals surface area contributed by atoms with Crippen molar-refractivity contribution in [3.63, 3.8) is 0 Å². The molecule has 9 heterocycles. The second-order valence-corrected chi connectivity index (χ2v) is 39.3. The van der Waals surface area contributed by atoms with E-state index in [4.69, 9.17) is 21.9 Å². The Hall–Kier alpha value is -7.62. The molecule has 0 saturated heterocycles. The standard InChI is InChI=1S/C90H90F4N8O2S5Se2/c1-9-15-19-21-23-25-27-29-31-35-55-83(69-39-37-53(110-69)41-61-71(67(47-95)97-7)57-43-63(91)65(93)45-59(57)81(61)103)105-89-79-87(107-85(55)89)73-75-76(100-109-99-75)74-78(77(73)101(79)49-51(13-5)33-17-11-3)102(50-52(14-6)34-18-12-4)80-88(74)108-86-56(36-32-30-28-26-24-22-20-16-10-2)84(106-90(80)86)70-40-38-54(111-70)42-62-72(68(48-96)98-8)58-44-64(92)66(94)46-60(58)82(62)104/h37-46,51-52H,9-36,49-50H2,1-6H3/b61-41-,62-42-,71-67-,72-68+. The van der Waals surface area contributed by atoms with Crippen LogP contribution in [0, 0.1) is 70.9 Å². The number of benzene rings is 3. The number of carbonyl (C=O) groups excluding carboxylic acids is 2. The number of allylic oxidation sites excluding steroid dienone is 6. The molecule has 2 unspecified atom stereocenters. The molecule has 2 aliphatic rings. The Morgan fingerprint density at radius 2 is 0.838 bits per heavy atom. The molecule has 0 N–H and O–H groups in total. The summed E-state index contributed by atoms with van der Waals surface area (Å²) in [6.07, 6.45) is 35.6. The SMILES string of the molecule is [C-]#[N+]/C(C#N)=C1\C(=C\c2ccc(-c3sc4c(sc5c6c7nsnc7c7c8sc9c(CCCCCCCCCCC)c(-c%10ccc(/C=C%11\C(=O)c%12cc(F)c(F)cc%12\C%11=C(\C#N)[N+]#[C-])[se]%10)sc9c8n(CC(CC)CCCC)c7c6n(CC(CC)CCCC)c45)c3CCCCCCCCCCC)[se]2)C(=O)c2cc(F)c(F)cc21. The number of hydrogen-bond donors (Lipinski definition) is 0. The van der Waals surface area contributed by atoms with Crippen LogP contribution in [0.5, 0.6) is 0 Å². The molecule has 0 saturated carbocycles. The number of aryl methyl sites for hydroxylation is 2. The molecule has 2 aliphatic carbocycles. The summed E-state index contributed by atoms with van der Waals surface area (Å²) < 4.78 is 87.7. The van der Waals surface area contributed by atoms with Gasteiger partial charge in [-0.05, 0) is 0 Å². The van der Waals surface area contributed by atoms with E-state index < -0.39 is 34.8 Å². The fraction of sp³-hybridized carbons (Fsp3) is 0.422. The van der Waals surface area contributed by atoms with Crippen LogP contribution in [0.25, 0.3) is 124 Å². The van der Waals surface area contributed by atoms with Gasteiger partial charge in [0.25, 0.3) is 0 Å². The molecule has 0 aliphatic heterocycles. The summed E-state index contributed by atoms with van der Waals surface area (Å²) in [6.45, 7) is 31.3. The summed E-state index contributed by atoms with van der Waals surface area (Å²) >= 11 is 8.23. The Labute approximate surface area is 679 Å². The van der Waals surface area contributed by atoms with Crippen molar-refractivity contribution in [3.8, 4) is 30.8 Å². The molecular formula is C90H90F4N8O2S5Se2. The molecule has 14 rings (SSSR count). The number of unbranched alkanes of at least 4 members (excludes halogenated alkanes) is 18. The summed E-state index contributed by atoms with van der Waals surface area (Å²) in [5.74, 6) is -4.97. The molecule has 12 aromatic rings. The van der Waals surface area contributed by atoms with Crippen molar-refractivity contribution in [1.29, 1.82) is 10.5 Å². The summed E-state index contributed by atoms with van der Waals surface area (Å²) in [5, 5.41) is 22.8. The van der Waals surface area contributed by atoms with Crippen LogP contribution in [0.1, 0.15) is 260 Å². The quantitative estimate of drug-likeness (QED) is 0.00961. The average molecular weight is 1710 g/mol. The Morgan fingerprint density at radius 1 is 0.477 bits per heavy atom. The first-order valence-electron chi connectivity index (χ1n) is 40.0. The van der Waals surface area contributed by atoms with Gasteiger partial charge >= 0.3 is 658 Å². The number of nitriles is 2. The van der Waals surface area contributed by atoms with Crippen LogP contribution >= 0.6 is 57.1 Å². The van der Waals surface area contributed by atoms with Crippen LogP contribution in [0.2, 0.25) is 0 Å². The Bertz CT molecular complexity index is 5540. The average Bonchev–Trinajstić information content (AvgIpc) is 1.50. The number of thiophene rings is 4. The van der Waals surface area contributed by atoms with E-state index in [-0.39, 0.29) is 84.9 Å². The van der Waals surface area contributed by atoms with Crippen molar-refractivity contribution >= 4 is 193 Å². The van der Waals surface area contributed by atoms with Crippen molar-refractivity contribution in [2.24, 2.45) is 11.8 Å². The van der Waals surface area contributed by atoms with Gasteiger partial charge in [-0.15, -0.1) is 0 Å². The zero-order chi connectivity index (χ0) is 77.7. The third-order valence-electron chi connectivity index (χ3n) is 22.8. The molecular weight excluding hydrogens is 1620 g/mol. The molecule has 21 heteroatoms. The fourth-order valence-electron chi connectivity index (χ4n) is 16.9. The van der Waals surface area contributed by atoms with Gasteiger partial charge in [0.05, 0.1) is 0 Å². The van der Waals surface area contributed by atoms with E-state index in [9.17, 15) is 37.7 Å². The number of Topliss-reactive ketones (excluding diaryl/α,β-unsaturated/α-hetero) is 2. The summed E-state index contributed by atoms with van der Waals surface area (Å²) in [5.41, 5.74) is 9.06. The van der Waals surface area contributed by atoms with Crippen LogP contribution in [-0.4, -0.2) is 58.5 Å². The molecule has 10 nitrogen and oxygen atoms in total. The van der Waals surface area contributed by atoms with Gasteiger partial charge in [0.15, 0.2) is 0 Å². The van der Waals surface area contributed by atoms with Crippen molar-refractivity contribution in [1.82, 2.24) is 17.9 Å². The molecule has 572 valence electrons. The van der Waals surface area contributed by atoms with Gasteiger partial charge in [0, 0.05) is 0 Å². The first-order valence-corrected chi connectivity index (χ1v) is 47.4. The number of carbonyl (C=O) groups is 2. The number of hydrogen-bond acceptors (Lipinski definition) is 11. The molecule has 3 aromatic carbocycles. The topological polar surface area (TPSA) is 126 Å². The van der Waals surface area contributed by atoms with Gasteiger partial charge in [-0.3, -0.25) is 0 Å². The van der Waals surface area contributed by atoms with Gasteiger partial charge in [0.2, 0.25) is 0 Å². The van der Waals surface area contributed by atoms with E-state index in [1.54, 1.807) is 12.2 Å². The second kappa shape index (κ2) is 35.8. The van der Waals surface area contributed by atoms with Crippen molar-refractivity contribution in [3.05, 3.63) is 159 Å².